The van der Waals surface area contributed by atoms with Gasteiger partial charge >= 0.3 is 0 Å². The molecule has 0 spiro atoms. The lowest BCUT2D eigenvalue weighted by molar-refractivity contribution is 0.529. The monoisotopic (exact) mass is 296 g/mol. The Hall–Kier alpha value is -0.910. The zero-order valence-corrected chi connectivity index (χ0v) is 13.3. The molecule has 1 fully saturated rings. The van der Waals surface area contributed by atoms with Gasteiger partial charge in [0.2, 0.25) is 10.0 Å². The molecule has 1 saturated carbocycles. The molecule has 0 radical (unpaired) electrons. The van der Waals surface area contributed by atoms with Crippen LogP contribution in [0.1, 0.15) is 42.9 Å². The molecule has 1 unspecified atom stereocenters. The summed E-state index contributed by atoms with van der Waals surface area (Å²) in [7, 11) is -3.47. The van der Waals surface area contributed by atoms with Gasteiger partial charge in [-0.25, -0.2) is 13.1 Å². The second-order valence-corrected chi connectivity index (χ2v) is 7.62. The third kappa shape index (κ3) is 3.59. The van der Waals surface area contributed by atoms with E-state index in [4.69, 9.17) is 5.73 Å². The fourth-order valence-electron chi connectivity index (χ4n) is 2.53. The van der Waals surface area contributed by atoms with Crippen LogP contribution in [0, 0.1) is 19.8 Å². The Morgan fingerprint density at radius 1 is 1.35 bits per heavy atom. The Labute approximate surface area is 121 Å². The van der Waals surface area contributed by atoms with Gasteiger partial charge in [-0.2, -0.15) is 0 Å². The van der Waals surface area contributed by atoms with Gasteiger partial charge in [0.1, 0.15) is 0 Å². The maximum Gasteiger partial charge on any atom is 0.241 e. The molecule has 20 heavy (non-hydrogen) atoms. The quantitative estimate of drug-likeness (QED) is 0.845. The molecule has 0 aromatic heterocycles. The fraction of sp³-hybridized carbons (Fsp3) is 0.600. The van der Waals surface area contributed by atoms with Gasteiger partial charge in [-0.05, 0) is 55.9 Å². The zero-order valence-electron chi connectivity index (χ0n) is 12.4. The van der Waals surface area contributed by atoms with E-state index in [1.165, 1.54) is 12.8 Å². The highest BCUT2D eigenvalue weighted by molar-refractivity contribution is 7.89. The van der Waals surface area contributed by atoms with E-state index in [-0.39, 0.29) is 6.04 Å². The van der Waals surface area contributed by atoms with Crippen molar-refractivity contribution in [2.24, 2.45) is 11.7 Å². The first-order chi connectivity index (χ1) is 9.33. The van der Waals surface area contributed by atoms with Crippen LogP contribution in [0.25, 0.3) is 0 Å². The van der Waals surface area contributed by atoms with Gasteiger partial charge in [-0.3, -0.25) is 0 Å². The van der Waals surface area contributed by atoms with Gasteiger partial charge in [-0.1, -0.05) is 18.9 Å². The van der Waals surface area contributed by atoms with Gasteiger partial charge in [0.05, 0.1) is 4.90 Å². The van der Waals surface area contributed by atoms with E-state index in [1.807, 2.05) is 26.8 Å². The smallest absolute Gasteiger partial charge is 0.241 e. The summed E-state index contributed by atoms with van der Waals surface area (Å²) in [6.45, 7) is 6.04. The summed E-state index contributed by atoms with van der Waals surface area (Å²) in [6.07, 6.45) is 3.38. The third-order valence-electron chi connectivity index (χ3n) is 3.94. The maximum atomic E-state index is 12.5. The van der Waals surface area contributed by atoms with Crippen LogP contribution in [0.15, 0.2) is 17.0 Å². The van der Waals surface area contributed by atoms with Crippen molar-refractivity contribution < 1.29 is 8.42 Å². The summed E-state index contributed by atoms with van der Waals surface area (Å²) in [4.78, 5) is 0.362. The van der Waals surface area contributed by atoms with Crippen molar-refractivity contribution in [1.29, 1.82) is 0 Å². The van der Waals surface area contributed by atoms with Crippen molar-refractivity contribution in [3.63, 3.8) is 0 Å². The molecule has 0 saturated heterocycles. The number of aryl methyl sites for hydroxylation is 1. The van der Waals surface area contributed by atoms with Crippen molar-refractivity contribution in [1.82, 2.24) is 4.72 Å². The first kappa shape index (κ1) is 15.5. The van der Waals surface area contributed by atoms with Crippen LogP contribution >= 0.6 is 0 Å². The molecule has 0 amide bonds. The van der Waals surface area contributed by atoms with E-state index in [2.05, 4.69) is 4.72 Å². The van der Waals surface area contributed by atoms with Gasteiger partial charge in [-0.15, -0.1) is 0 Å². The first-order valence-electron chi connectivity index (χ1n) is 7.16. The Bertz CT molecular complexity index is 592. The number of benzene rings is 1. The predicted molar refractivity (Wildman–Crippen MR) is 80.9 cm³/mol. The molecular weight excluding hydrogens is 272 g/mol. The number of hydrogen-bond donors (Lipinski definition) is 2. The molecule has 1 aliphatic carbocycles. The number of rotatable bonds is 6. The SMILES string of the molecule is Cc1cc(CN)cc(S(=O)(=O)NC(C)CC2CC2)c1C. The average Bonchev–Trinajstić information content (AvgIpc) is 3.15. The van der Waals surface area contributed by atoms with Crippen molar-refractivity contribution in [3.05, 3.63) is 28.8 Å². The topological polar surface area (TPSA) is 72.2 Å². The van der Waals surface area contributed by atoms with E-state index < -0.39 is 10.0 Å². The van der Waals surface area contributed by atoms with E-state index in [0.29, 0.717) is 17.4 Å². The number of hydrogen-bond acceptors (Lipinski definition) is 3. The van der Waals surface area contributed by atoms with Crippen molar-refractivity contribution in [3.8, 4) is 0 Å². The maximum absolute atomic E-state index is 12.5. The predicted octanol–water partition coefficient (Wildman–Crippen LogP) is 2.23. The van der Waals surface area contributed by atoms with Crippen molar-refractivity contribution in [2.45, 2.75) is 57.5 Å². The second-order valence-electron chi connectivity index (χ2n) is 5.94. The second kappa shape index (κ2) is 5.84. The Kier molecular flexibility index (Phi) is 4.52. The lowest BCUT2D eigenvalue weighted by atomic mass is 10.1. The van der Waals surface area contributed by atoms with Crippen LogP contribution in [0.2, 0.25) is 0 Å². The molecule has 1 aromatic carbocycles. The number of nitrogens with one attached hydrogen (secondary N) is 1. The zero-order chi connectivity index (χ0) is 14.9. The van der Waals surface area contributed by atoms with Crippen LogP contribution < -0.4 is 10.5 Å². The van der Waals surface area contributed by atoms with Crippen LogP contribution in [0.3, 0.4) is 0 Å². The molecule has 3 N–H and O–H groups in total. The number of nitrogens with two attached hydrogens (primary N) is 1. The first-order valence-corrected chi connectivity index (χ1v) is 8.64. The molecule has 4 nitrogen and oxygen atoms in total. The Balaban J connectivity index is 2.25. The molecule has 0 bridgehead atoms. The van der Waals surface area contributed by atoms with Crippen LogP contribution in [0.5, 0.6) is 0 Å². The lowest BCUT2D eigenvalue weighted by Crippen LogP contribution is -2.33. The van der Waals surface area contributed by atoms with Gasteiger partial charge in [0.25, 0.3) is 0 Å². The van der Waals surface area contributed by atoms with Crippen LogP contribution in [-0.4, -0.2) is 14.5 Å². The number of sulfonamides is 1. The molecule has 0 heterocycles. The van der Waals surface area contributed by atoms with Crippen molar-refractivity contribution >= 4 is 10.0 Å². The Morgan fingerprint density at radius 2 is 2.00 bits per heavy atom. The lowest BCUT2D eigenvalue weighted by Gasteiger charge is -2.17. The summed E-state index contributed by atoms with van der Waals surface area (Å²) < 4.78 is 27.9. The molecular formula is C15H24N2O2S. The van der Waals surface area contributed by atoms with E-state index in [9.17, 15) is 8.42 Å². The van der Waals surface area contributed by atoms with Crippen LogP contribution in [0.4, 0.5) is 0 Å². The normalized spacial score (nSPS) is 17.2. The molecule has 1 atom stereocenters. The molecule has 2 rings (SSSR count). The largest absolute Gasteiger partial charge is 0.326 e. The summed E-state index contributed by atoms with van der Waals surface area (Å²) in [5.41, 5.74) is 8.25. The van der Waals surface area contributed by atoms with Crippen molar-refractivity contribution in [2.75, 3.05) is 0 Å². The van der Waals surface area contributed by atoms with Gasteiger partial charge < -0.3 is 5.73 Å². The summed E-state index contributed by atoms with van der Waals surface area (Å²) in [6, 6.07) is 3.62. The van der Waals surface area contributed by atoms with Gasteiger partial charge in [0.15, 0.2) is 0 Å². The minimum atomic E-state index is -3.47. The van der Waals surface area contributed by atoms with E-state index in [0.717, 1.165) is 23.1 Å². The highest BCUT2D eigenvalue weighted by Gasteiger charge is 2.27. The van der Waals surface area contributed by atoms with Crippen LogP contribution in [-0.2, 0) is 16.6 Å². The van der Waals surface area contributed by atoms with E-state index in [1.54, 1.807) is 6.07 Å². The van der Waals surface area contributed by atoms with Gasteiger partial charge in [0, 0.05) is 12.6 Å². The third-order valence-corrected chi connectivity index (χ3v) is 5.66. The average molecular weight is 296 g/mol. The summed E-state index contributed by atoms with van der Waals surface area (Å²) in [5, 5.41) is 0. The Morgan fingerprint density at radius 3 is 2.55 bits per heavy atom. The summed E-state index contributed by atoms with van der Waals surface area (Å²) >= 11 is 0. The summed E-state index contributed by atoms with van der Waals surface area (Å²) in [5.74, 6) is 0.700. The highest BCUT2D eigenvalue weighted by atomic mass is 32.2. The molecule has 112 valence electrons. The molecule has 1 aromatic rings. The molecule has 1 aliphatic rings. The fourth-order valence-corrected chi connectivity index (χ4v) is 4.15. The highest BCUT2D eigenvalue weighted by Crippen LogP contribution is 2.33. The minimum absolute atomic E-state index is 0.0197. The molecule has 5 heteroatoms. The standard InChI is InChI=1S/C15H24N2O2S/c1-10-6-14(9-16)8-15(12(10)3)20(18,19)17-11(2)7-13-4-5-13/h6,8,11,13,17H,4-5,7,9,16H2,1-3H3. The minimum Gasteiger partial charge on any atom is -0.326 e. The molecule has 0 aliphatic heterocycles. The van der Waals surface area contributed by atoms with E-state index >= 15 is 0 Å².